The molecule has 1 radical (unpaired) electrons. The molecule has 0 fully saturated rings. The maximum atomic E-state index is 10.3. The van der Waals surface area contributed by atoms with Crippen LogP contribution in [0.1, 0.15) is 11.1 Å². The molecule has 0 aliphatic heterocycles. The summed E-state index contributed by atoms with van der Waals surface area (Å²) in [5, 5.41) is 8.46. The van der Waals surface area contributed by atoms with Crippen molar-refractivity contribution in [3.05, 3.63) is 35.4 Å². The predicted molar refractivity (Wildman–Crippen MR) is 42.6 cm³/mol. The van der Waals surface area contributed by atoms with Crippen molar-refractivity contribution in [2.75, 3.05) is 0 Å². The van der Waals surface area contributed by atoms with Gasteiger partial charge in [-0.25, -0.2) is 0 Å². The highest BCUT2D eigenvalue weighted by Crippen LogP contribution is 2.06. The normalized spacial score (nSPS) is 9.33. The van der Waals surface area contributed by atoms with Crippen molar-refractivity contribution in [3.63, 3.8) is 0 Å². The van der Waals surface area contributed by atoms with Crippen LogP contribution in [0.3, 0.4) is 0 Å². The van der Waals surface area contributed by atoms with E-state index in [9.17, 15) is 9.59 Å². The molecular weight excluding hydrogens is 156 g/mol. The van der Waals surface area contributed by atoms with E-state index >= 15 is 0 Å². The van der Waals surface area contributed by atoms with Gasteiger partial charge in [0.25, 0.3) is 0 Å². The summed E-state index contributed by atoms with van der Waals surface area (Å²) in [6.07, 6.45) is 1.55. The molecule has 61 valence electrons. The van der Waals surface area contributed by atoms with Gasteiger partial charge in [0.2, 0.25) is 6.29 Å². The van der Waals surface area contributed by atoms with Gasteiger partial charge >= 0.3 is 5.97 Å². The van der Waals surface area contributed by atoms with Gasteiger partial charge in [0, 0.05) is 5.56 Å². The van der Waals surface area contributed by atoms with Crippen LogP contribution in [0.4, 0.5) is 0 Å². The molecule has 0 aliphatic rings. The summed E-state index contributed by atoms with van der Waals surface area (Å²) >= 11 is 0. The zero-order valence-corrected chi connectivity index (χ0v) is 6.28. The van der Waals surface area contributed by atoms with Crippen molar-refractivity contribution in [1.29, 1.82) is 0 Å². The Labute approximate surface area is 69.6 Å². The van der Waals surface area contributed by atoms with Crippen LogP contribution >= 0.6 is 0 Å². The lowest BCUT2D eigenvalue weighted by atomic mass is 10.1. The molecule has 0 bridgehead atoms. The number of hydrogen-bond acceptors (Lipinski definition) is 2. The molecule has 1 N–H and O–H groups in total. The first-order valence-electron chi connectivity index (χ1n) is 3.42. The number of carbonyl (C=O) groups is 1. The van der Waals surface area contributed by atoms with Gasteiger partial charge in [-0.2, -0.15) is 0 Å². The number of aliphatic carboxylic acids is 1. The summed E-state index contributed by atoms with van der Waals surface area (Å²) in [4.78, 5) is 20.6. The summed E-state index contributed by atoms with van der Waals surface area (Å²) in [6, 6.07) is 6.52. The Morgan fingerprint density at radius 3 is 2.67 bits per heavy atom. The Balaban J connectivity index is 2.96. The fourth-order valence-corrected chi connectivity index (χ4v) is 0.937. The first kappa shape index (κ1) is 8.46. The van der Waals surface area contributed by atoms with Gasteiger partial charge in [-0.05, 0) is 5.56 Å². The van der Waals surface area contributed by atoms with Crippen molar-refractivity contribution in [2.24, 2.45) is 0 Å². The fourth-order valence-electron chi connectivity index (χ4n) is 0.937. The molecule has 1 aromatic carbocycles. The third-order valence-electron chi connectivity index (χ3n) is 1.47. The summed E-state index contributed by atoms with van der Waals surface area (Å²) in [7, 11) is 0. The Hall–Kier alpha value is -1.64. The van der Waals surface area contributed by atoms with E-state index in [1.54, 1.807) is 30.6 Å². The van der Waals surface area contributed by atoms with Crippen LogP contribution in [0.25, 0.3) is 0 Å². The predicted octanol–water partition coefficient (Wildman–Crippen LogP) is 0.771. The number of carboxylic acid groups (broad SMARTS) is 1. The van der Waals surface area contributed by atoms with E-state index in [1.165, 1.54) is 0 Å². The Morgan fingerprint density at radius 2 is 2.08 bits per heavy atom. The second kappa shape index (κ2) is 3.67. The largest absolute Gasteiger partial charge is 0.481 e. The monoisotopic (exact) mass is 163 g/mol. The number of carbonyl (C=O) groups excluding carboxylic acids is 1. The Bertz CT molecular complexity index is 304. The van der Waals surface area contributed by atoms with Crippen molar-refractivity contribution >= 4 is 12.3 Å². The van der Waals surface area contributed by atoms with Gasteiger partial charge in [0.1, 0.15) is 0 Å². The molecule has 0 aliphatic carbocycles. The van der Waals surface area contributed by atoms with E-state index < -0.39 is 5.97 Å². The molecule has 0 saturated heterocycles. The van der Waals surface area contributed by atoms with Crippen LogP contribution in [0.15, 0.2) is 24.3 Å². The maximum Gasteiger partial charge on any atom is 0.307 e. The minimum absolute atomic E-state index is 0.134. The summed E-state index contributed by atoms with van der Waals surface area (Å²) in [6.45, 7) is 0. The quantitative estimate of drug-likeness (QED) is 0.716. The van der Waals surface area contributed by atoms with E-state index in [-0.39, 0.29) is 6.42 Å². The van der Waals surface area contributed by atoms with E-state index in [4.69, 9.17) is 5.11 Å². The van der Waals surface area contributed by atoms with Gasteiger partial charge in [-0.1, -0.05) is 24.3 Å². The van der Waals surface area contributed by atoms with Gasteiger partial charge in [0.15, 0.2) is 0 Å². The van der Waals surface area contributed by atoms with E-state index in [0.29, 0.717) is 11.1 Å². The molecule has 0 spiro atoms. The van der Waals surface area contributed by atoms with Crippen LogP contribution in [-0.4, -0.2) is 17.4 Å². The highest BCUT2D eigenvalue weighted by atomic mass is 16.4. The highest BCUT2D eigenvalue weighted by molar-refractivity contribution is 5.81. The molecule has 3 heteroatoms. The van der Waals surface area contributed by atoms with Crippen LogP contribution < -0.4 is 0 Å². The zero-order valence-electron chi connectivity index (χ0n) is 6.28. The third kappa shape index (κ3) is 1.92. The molecule has 1 rings (SSSR count). The van der Waals surface area contributed by atoms with Crippen molar-refractivity contribution in [1.82, 2.24) is 0 Å². The molecule has 0 heterocycles. The molecular formula is C9H7O3. The molecule has 1 aromatic rings. The standard InChI is InChI=1S/C9H7O3/c10-6-8-4-2-1-3-7(8)5-9(11)12/h1-4H,5H2,(H,11,12). The molecule has 12 heavy (non-hydrogen) atoms. The van der Waals surface area contributed by atoms with Crippen LogP contribution in [-0.2, 0) is 16.0 Å². The first-order chi connectivity index (χ1) is 5.74. The lowest BCUT2D eigenvalue weighted by molar-refractivity contribution is -0.136. The SMILES string of the molecule is O=[C]c1ccccc1CC(=O)O. The molecule has 0 aromatic heterocycles. The Morgan fingerprint density at radius 1 is 1.42 bits per heavy atom. The van der Waals surface area contributed by atoms with Crippen LogP contribution in [0.5, 0.6) is 0 Å². The van der Waals surface area contributed by atoms with E-state index in [1.807, 2.05) is 0 Å². The minimum Gasteiger partial charge on any atom is -0.481 e. The second-order valence-corrected chi connectivity index (χ2v) is 2.33. The number of carboxylic acids is 1. The number of benzene rings is 1. The maximum absolute atomic E-state index is 10.3. The lowest BCUT2D eigenvalue weighted by Gasteiger charge is -1.98. The van der Waals surface area contributed by atoms with E-state index in [0.717, 1.165) is 0 Å². The Kier molecular flexibility index (Phi) is 2.58. The van der Waals surface area contributed by atoms with Crippen molar-refractivity contribution < 1.29 is 14.7 Å². The average Bonchev–Trinajstić information content (AvgIpc) is 2.04. The van der Waals surface area contributed by atoms with Gasteiger partial charge in [-0.15, -0.1) is 0 Å². The van der Waals surface area contributed by atoms with Crippen LogP contribution in [0, 0.1) is 0 Å². The fraction of sp³-hybridized carbons (Fsp3) is 0.111. The third-order valence-corrected chi connectivity index (χ3v) is 1.47. The summed E-state index contributed by atoms with van der Waals surface area (Å²) < 4.78 is 0. The van der Waals surface area contributed by atoms with Crippen LogP contribution in [0.2, 0.25) is 0 Å². The minimum atomic E-state index is -0.947. The van der Waals surface area contributed by atoms with Gasteiger partial charge in [-0.3, -0.25) is 9.59 Å². The highest BCUT2D eigenvalue weighted by Gasteiger charge is 2.04. The van der Waals surface area contributed by atoms with Crippen molar-refractivity contribution in [3.8, 4) is 0 Å². The van der Waals surface area contributed by atoms with Crippen molar-refractivity contribution in [2.45, 2.75) is 6.42 Å². The molecule has 3 nitrogen and oxygen atoms in total. The smallest absolute Gasteiger partial charge is 0.307 e. The zero-order chi connectivity index (χ0) is 8.97. The molecule has 0 amide bonds. The summed E-state index contributed by atoms with van der Waals surface area (Å²) in [5.41, 5.74) is 0.819. The van der Waals surface area contributed by atoms with Gasteiger partial charge in [0.05, 0.1) is 6.42 Å². The topological polar surface area (TPSA) is 54.4 Å². The number of hydrogen-bond donors (Lipinski definition) is 1. The molecule has 0 atom stereocenters. The average molecular weight is 163 g/mol. The van der Waals surface area contributed by atoms with E-state index in [2.05, 4.69) is 0 Å². The molecule has 0 saturated carbocycles. The lowest BCUT2D eigenvalue weighted by Crippen LogP contribution is -2.02. The second-order valence-electron chi connectivity index (χ2n) is 2.33. The summed E-state index contributed by atoms with van der Waals surface area (Å²) in [5.74, 6) is -0.947. The van der Waals surface area contributed by atoms with Gasteiger partial charge < -0.3 is 5.11 Å². The first-order valence-corrected chi connectivity index (χ1v) is 3.42. The molecule has 0 unspecified atom stereocenters. The number of rotatable bonds is 3.